The molecule has 0 bridgehead atoms. The van der Waals surface area contributed by atoms with E-state index < -0.39 is 10.7 Å². The molecule has 1 atom stereocenters. The lowest BCUT2D eigenvalue weighted by atomic mass is 10.2. The van der Waals surface area contributed by atoms with Gasteiger partial charge in [0.25, 0.3) is 5.69 Å². The predicted octanol–water partition coefficient (Wildman–Crippen LogP) is 0.730. The van der Waals surface area contributed by atoms with Gasteiger partial charge in [-0.2, -0.15) is 0 Å². The molecule has 1 aliphatic heterocycles. The first-order chi connectivity index (χ1) is 12.9. The summed E-state index contributed by atoms with van der Waals surface area (Å²) >= 11 is 0. The average Bonchev–Trinajstić information content (AvgIpc) is 2.94. The molecule has 0 saturated carbocycles. The van der Waals surface area contributed by atoms with Gasteiger partial charge in [-0.15, -0.1) is 0 Å². The van der Waals surface area contributed by atoms with Gasteiger partial charge >= 0.3 is 5.76 Å². The first-order valence-corrected chi connectivity index (χ1v) is 8.78. The summed E-state index contributed by atoms with van der Waals surface area (Å²) in [5, 5.41) is 13.6. The molecule has 0 radical (unpaired) electrons. The molecule has 1 N–H and O–H groups in total. The van der Waals surface area contributed by atoms with E-state index in [9.17, 15) is 19.7 Å². The molecule has 1 unspecified atom stereocenters. The van der Waals surface area contributed by atoms with Crippen molar-refractivity contribution in [1.82, 2.24) is 14.8 Å². The Labute approximate surface area is 154 Å². The van der Waals surface area contributed by atoms with Crippen LogP contribution in [-0.4, -0.2) is 59.7 Å². The third-order valence-corrected chi connectivity index (χ3v) is 4.52. The summed E-state index contributed by atoms with van der Waals surface area (Å²) in [6.07, 6.45) is 0.696. The minimum atomic E-state index is -0.593. The predicted molar refractivity (Wildman–Crippen MR) is 96.6 cm³/mol. The number of aromatic nitrogens is 1. The molecule has 1 aromatic heterocycles. The van der Waals surface area contributed by atoms with E-state index in [2.05, 4.69) is 10.2 Å². The third kappa shape index (κ3) is 4.72. The molecule has 0 spiro atoms. The topological polar surface area (TPSA) is 120 Å². The van der Waals surface area contributed by atoms with Gasteiger partial charge in [0, 0.05) is 38.7 Å². The lowest BCUT2D eigenvalue weighted by molar-refractivity contribution is -0.384. The van der Waals surface area contributed by atoms with Crippen molar-refractivity contribution >= 4 is 22.7 Å². The fourth-order valence-corrected chi connectivity index (χ4v) is 3.08. The molecule has 1 aromatic carbocycles. The molecule has 10 nitrogen and oxygen atoms in total. The first-order valence-electron chi connectivity index (χ1n) is 8.78. The fourth-order valence-electron chi connectivity index (χ4n) is 3.08. The minimum absolute atomic E-state index is 0.0103. The van der Waals surface area contributed by atoms with E-state index in [1.54, 1.807) is 0 Å². The van der Waals surface area contributed by atoms with Gasteiger partial charge < -0.3 is 19.4 Å². The second-order valence-corrected chi connectivity index (χ2v) is 6.59. The minimum Gasteiger partial charge on any atom is -0.407 e. The zero-order valence-electron chi connectivity index (χ0n) is 15.1. The fraction of sp³-hybridized carbons (Fsp3) is 0.529. The Hall–Kier alpha value is -2.72. The number of nitro benzene ring substituents is 1. The summed E-state index contributed by atoms with van der Waals surface area (Å²) < 4.78 is 12.0. The largest absolute Gasteiger partial charge is 0.419 e. The summed E-state index contributed by atoms with van der Waals surface area (Å²) in [5.74, 6) is -0.701. The van der Waals surface area contributed by atoms with Crippen LogP contribution in [0.25, 0.3) is 11.1 Å². The van der Waals surface area contributed by atoms with Crippen LogP contribution in [0.15, 0.2) is 27.4 Å². The Morgan fingerprint density at radius 1 is 1.44 bits per heavy atom. The summed E-state index contributed by atoms with van der Waals surface area (Å²) in [6, 6.07) is 4.03. The van der Waals surface area contributed by atoms with E-state index in [-0.39, 0.29) is 29.7 Å². The number of aryl methyl sites for hydroxylation is 1. The summed E-state index contributed by atoms with van der Waals surface area (Å²) in [4.78, 5) is 36.4. The molecular weight excluding hydrogens is 356 g/mol. The number of hydrogen-bond donors (Lipinski definition) is 1. The number of hydrogen-bond acceptors (Lipinski definition) is 7. The number of carbonyl (C=O) groups excluding carboxylic acids is 1. The van der Waals surface area contributed by atoms with Crippen LogP contribution in [0.2, 0.25) is 0 Å². The Morgan fingerprint density at radius 3 is 3.00 bits per heavy atom. The van der Waals surface area contributed by atoms with Crippen molar-refractivity contribution in [2.75, 3.05) is 33.3 Å². The number of morpholine rings is 1. The van der Waals surface area contributed by atoms with Crippen molar-refractivity contribution in [1.29, 1.82) is 0 Å². The number of benzene rings is 1. The standard InChI is InChI=1S/C17H22N4O6/c1-19-7-8-26-13(11-19)10-18-16(22)3-2-6-20-14-5-4-12(21(24)25)9-15(14)27-17(20)23/h4-5,9,13H,2-3,6-8,10-11H2,1H3,(H,18,22). The number of nitrogens with zero attached hydrogens (tertiary/aromatic N) is 3. The number of nitrogens with one attached hydrogen (secondary N) is 1. The number of nitro groups is 1. The molecule has 10 heteroatoms. The quantitative estimate of drug-likeness (QED) is 0.557. The second-order valence-electron chi connectivity index (χ2n) is 6.59. The molecule has 2 aromatic rings. The molecule has 3 rings (SSSR count). The van der Waals surface area contributed by atoms with E-state index in [4.69, 9.17) is 9.15 Å². The van der Waals surface area contributed by atoms with Gasteiger partial charge in [-0.05, 0) is 19.5 Å². The second kappa shape index (κ2) is 8.31. The summed E-state index contributed by atoms with van der Waals surface area (Å²) in [5.41, 5.74) is 0.500. The highest BCUT2D eigenvalue weighted by atomic mass is 16.6. The molecule has 1 fully saturated rings. The van der Waals surface area contributed by atoms with Gasteiger partial charge in [0.05, 0.1) is 29.2 Å². The Morgan fingerprint density at radius 2 is 2.26 bits per heavy atom. The van der Waals surface area contributed by atoms with E-state index in [1.165, 1.54) is 22.8 Å². The van der Waals surface area contributed by atoms with Gasteiger partial charge in [0.15, 0.2) is 5.58 Å². The van der Waals surface area contributed by atoms with Crippen LogP contribution < -0.4 is 11.1 Å². The van der Waals surface area contributed by atoms with E-state index in [0.717, 1.165) is 13.1 Å². The zero-order chi connectivity index (χ0) is 19.4. The van der Waals surface area contributed by atoms with Crippen LogP contribution in [0.5, 0.6) is 0 Å². The number of oxazole rings is 1. The summed E-state index contributed by atoms with van der Waals surface area (Å²) in [7, 11) is 2.01. The number of fused-ring (bicyclic) bond motifs is 1. The van der Waals surface area contributed by atoms with Gasteiger partial charge in [0.2, 0.25) is 5.91 Å². The van der Waals surface area contributed by atoms with E-state index >= 15 is 0 Å². The van der Waals surface area contributed by atoms with Crippen LogP contribution in [0.4, 0.5) is 5.69 Å². The summed E-state index contributed by atoms with van der Waals surface area (Å²) in [6.45, 7) is 3.08. The number of rotatable bonds is 7. The monoisotopic (exact) mass is 378 g/mol. The number of amides is 1. The Bertz CT molecular complexity index is 889. The van der Waals surface area contributed by atoms with Gasteiger partial charge in [-0.3, -0.25) is 19.5 Å². The molecule has 1 amide bonds. The molecule has 1 aliphatic rings. The molecule has 2 heterocycles. The zero-order valence-corrected chi connectivity index (χ0v) is 15.1. The van der Waals surface area contributed by atoms with Crippen molar-refractivity contribution < 1.29 is 18.9 Å². The Kier molecular flexibility index (Phi) is 5.87. The lowest BCUT2D eigenvalue weighted by Crippen LogP contribution is -2.45. The smallest absolute Gasteiger partial charge is 0.407 e. The molecule has 0 aliphatic carbocycles. The maximum atomic E-state index is 12.0. The molecule has 27 heavy (non-hydrogen) atoms. The van der Waals surface area contributed by atoms with Crippen molar-refractivity contribution in [2.45, 2.75) is 25.5 Å². The Balaban J connectivity index is 1.51. The highest BCUT2D eigenvalue weighted by Crippen LogP contribution is 2.20. The normalized spacial score (nSPS) is 17.9. The van der Waals surface area contributed by atoms with Crippen molar-refractivity contribution in [2.24, 2.45) is 0 Å². The highest BCUT2D eigenvalue weighted by molar-refractivity contribution is 5.76. The van der Waals surface area contributed by atoms with Crippen LogP contribution in [0, 0.1) is 10.1 Å². The highest BCUT2D eigenvalue weighted by Gasteiger charge is 2.18. The average molecular weight is 378 g/mol. The molecule has 146 valence electrons. The number of carbonyl (C=O) groups is 1. The van der Waals surface area contributed by atoms with Crippen LogP contribution in [-0.2, 0) is 16.1 Å². The van der Waals surface area contributed by atoms with Gasteiger partial charge in [-0.1, -0.05) is 0 Å². The lowest BCUT2D eigenvalue weighted by Gasteiger charge is -2.30. The van der Waals surface area contributed by atoms with E-state index in [0.29, 0.717) is 31.6 Å². The maximum absolute atomic E-state index is 12.0. The molecular formula is C17H22N4O6. The van der Waals surface area contributed by atoms with Crippen molar-refractivity contribution in [3.63, 3.8) is 0 Å². The van der Waals surface area contributed by atoms with E-state index in [1.807, 2.05) is 7.05 Å². The van der Waals surface area contributed by atoms with Crippen LogP contribution in [0.1, 0.15) is 12.8 Å². The van der Waals surface area contributed by atoms with Crippen molar-refractivity contribution in [3.05, 3.63) is 38.9 Å². The third-order valence-electron chi connectivity index (χ3n) is 4.52. The number of likely N-dealkylation sites (N-methyl/N-ethyl adjacent to an activating group) is 1. The van der Waals surface area contributed by atoms with Crippen LogP contribution in [0.3, 0.4) is 0 Å². The number of ether oxygens (including phenoxy) is 1. The maximum Gasteiger partial charge on any atom is 0.419 e. The number of non-ortho nitro benzene ring substituents is 1. The van der Waals surface area contributed by atoms with Crippen LogP contribution >= 0.6 is 0 Å². The first kappa shape index (κ1) is 19.1. The SMILES string of the molecule is CN1CCOC(CNC(=O)CCCn2c(=O)oc3cc([N+](=O)[O-])ccc32)C1. The van der Waals surface area contributed by atoms with Gasteiger partial charge in [0.1, 0.15) is 0 Å². The molecule has 1 saturated heterocycles. The van der Waals surface area contributed by atoms with Gasteiger partial charge in [-0.25, -0.2) is 4.79 Å². The van der Waals surface area contributed by atoms with Crippen molar-refractivity contribution in [3.8, 4) is 0 Å².